The monoisotopic (exact) mass is 306 g/mol. The van der Waals surface area contributed by atoms with Crippen molar-refractivity contribution in [3.8, 4) is 0 Å². The Morgan fingerprint density at radius 3 is 2.77 bits per heavy atom. The molecule has 1 fully saturated rings. The molecule has 1 amide bonds. The van der Waals surface area contributed by atoms with Gasteiger partial charge in [-0.1, -0.05) is 18.2 Å². The number of hydrogen-bond donors (Lipinski definition) is 2. The number of carbonyl (C=O) groups excluding carboxylic acids is 1. The Morgan fingerprint density at radius 2 is 2.05 bits per heavy atom. The van der Waals surface area contributed by atoms with E-state index < -0.39 is 4.92 Å². The SMILES string of the molecule is O=C(Cc1ccccc1[N+](=O)[O-])NCCCN1CCNCC1. The molecule has 0 spiro atoms. The van der Waals surface area contributed by atoms with E-state index >= 15 is 0 Å². The number of carbonyl (C=O) groups is 1. The number of amides is 1. The normalized spacial score (nSPS) is 15.5. The summed E-state index contributed by atoms with van der Waals surface area (Å²) >= 11 is 0. The van der Waals surface area contributed by atoms with E-state index in [0.29, 0.717) is 12.1 Å². The average Bonchev–Trinajstić information content (AvgIpc) is 2.53. The zero-order chi connectivity index (χ0) is 15.8. The number of nitrogens with one attached hydrogen (secondary N) is 2. The molecule has 120 valence electrons. The minimum atomic E-state index is -0.451. The molecule has 1 saturated heterocycles. The molecule has 2 N–H and O–H groups in total. The Labute approximate surface area is 129 Å². The molecular formula is C15H22N4O3. The lowest BCUT2D eigenvalue weighted by molar-refractivity contribution is -0.385. The first-order valence-corrected chi connectivity index (χ1v) is 7.59. The maximum atomic E-state index is 11.9. The summed E-state index contributed by atoms with van der Waals surface area (Å²) in [6.45, 7) is 5.69. The minimum absolute atomic E-state index is 0.00142. The molecular weight excluding hydrogens is 284 g/mol. The van der Waals surface area contributed by atoms with Crippen LogP contribution in [0.25, 0.3) is 0 Å². The molecule has 22 heavy (non-hydrogen) atoms. The van der Waals surface area contributed by atoms with Gasteiger partial charge in [-0.2, -0.15) is 0 Å². The molecule has 0 aromatic heterocycles. The summed E-state index contributed by atoms with van der Waals surface area (Å²) in [4.78, 5) is 24.7. The molecule has 0 atom stereocenters. The number of rotatable bonds is 7. The highest BCUT2D eigenvalue weighted by Gasteiger charge is 2.15. The summed E-state index contributed by atoms with van der Waals surface area (Å²) in [5.41, 5.74) is 0.450. The molecule has 1 aliphatic heterocycles. The van der Waals surface area contributed by atoms with Crippen LogP contribution in [-0.2, 0) is 11.2 Å². The minimum Gasteiger partial charge on any atom is -0.356 e. The number of nitrogens with zero attached hydrogens (tertiary/aromatic N) is 2. The van der Waals surface area contributed by atoms with Crippen molar-refractivity contribution in [2.24, 2.45) is 0 Å². The lowest BCUT2D eigenvalue weighted by Crippen LogP contribution is -2.44. The largest absolute Gasteiger partial charge is 0.356 e. The van der Waals surface area contributed by atoms with E-state index in [2.05, 4.69) is 15.5 Å². The third kappa shape index (κ3) is 5.09. The molecule has 1 heterocycles. The van der Waals surface area contributed by atoms with Gasteiger partial charge in [0.05, 0.1) is 11.3 Å². The zero-order valence-corrected chi connectivity index (χ0v) is 12.6. The van der Waals surface area contributed by atoms with Crippen LogP contribution in [0.5, 0.6) is 0 Å². The van der Waals surface area contributed by atoms with Crippen molar-refractivity contribution < 1.29 is 9.72 Å². The molecule has 1 aromatic carbocycles. The second-order valence-electron chi connectivity index (χ2n) is 5.36. The fourth-order valence-corrected chi connectivity index (χ4v) is 2.54. The van der Waals surface area contributed by atoms with Crippen LogP contribution < -0.4 is 10.6 Å². The highest BCUT2D eigenvalue weighted by Crippen LogP contribution is 2.17. The Balaban J connectivity index is 1.70. The molecule has 0 aliphatic carbocycles. The zero-order valence-electron chi connectivity index (χ0n) is 12.6. The van der Waals surface area contributed by atoms with E-state index in [1.165, 1.54) is 6.07 Å². The van der Waals surface area contributed by atoms with Crippen molar-refractivity contribution in [2.45, 2.75) is 12.8 Å². The van der Waals surface area contributed by atoms with Crippen molar-refractivity contribution in [1.82, 2.24) is 15.5 Å². The van der Waals surface area contributed by atoms with Crippen molar-refractivity contribution in [2.75, 3.05) is 39.3 Å². The molecule has 7 nitrogen and oxygen atoms in total. The van der Waals surface area contributed by atoms with Crippen LogP contribution in [0.4, 0.5) is 5.69 Å². The quantitative estimate of drug-likeness (QED) is 0.436. The second-order valence-corrected chi connectivity index (χ2v) is 5.36. The van der Waals surface area contributed by atoms with Crippen LogP contribution in [0.1, 0.15) is 12.0 Å². The molecule has 2 rings (SSSR count). The van der Waals surface area contributed by atoms with Crippen LogP contribution in [0.3, 0.4) is 0 Å². The Morgan fingerprint density at radius 1 is 1.32 bits per heavy atom. The fraction of sp³-hybridized carbons (Fsp3) is 0.533. The molecule has 0 bridgehead atoms. The number of benzene rings is 1. The van der Waals surface area contributed by atoms with Gasteiger partial charge in [0.25, 0.3) is 5.69 Å². The van der Waals surface area contributed by atoms with Gasteiger partial charge in [0, 0.05) is 44.4 Å². The fourth-order valence-electron chi connectivity index (χ4n) is 2.54. The lowest BCUT2D eigenvalue weighted by atomic mass is 10.1. The molecule has 1 aliphatic rings. The standard InChI is InChI=1S/C15H22N4O3/c20-15(12-13-4-1-2-5-14(13)19(21)22)17-6-3-9-18-10-7-16-8-11-18/h1-2,4-5,16H,3,6-12H2,(H,17,20). The maximum absolute atomic E-state index is 11.9. The summed E-state index contributed by atoms with van der Waals surface area (Å²) in [6.07, 6.45) is 0.938. The van der Waals surface area contributed by atoms with Gasteiger partial charge < -0.3 is 15.5 Å². The predicted molar refractivity (Wildman–Crippen MR) is 83.7 cm³/mol. The van der Waals surface area contributed by atoms with Crippen molar-refractivity contribution in [1.29, 1.82) is 0 Å². The van der Waals surface area contributed by atoms with Crippen molar-refractivity contribution in [3.63, 3.8) is 0 Å². The third-order valence-electron chi connectivity index (χ3n) is 3.72. The Hall–Kier alpha value is -1.99. The molecule has 7 heteroatoms. The Kier molecular flexibility index (Phi) is 6.29. The summed E-state index contributed by atoms with van der Waals surface area (Å²) in [6, 6.07) is 6.36. The summed E-state index contributed by atoms with van der Waals surface area (Å²) in [5.74, 6) is -0.172. The van der Waals surface area contributed by atoms with Crippen molar-refractivity contribution in [3.05, 3.63) is 39.9 Å². The maximum Gasteiger partial charge on any atom is 0.273 e. The van der Waals surface area contributed by atoms with Crippen LogP contribution in [0, 0.1) is 10.1 Å². The summed E-state index contributed by atoms with van der Waals surface area (Å²) in [5, 5.41) is 17.0. The van der Waals surface area contributed by atoms with Gasteiger partial charge in [-0.3, -0.25) is 14.9 Å². The second kappa shape index (κ2) is 8.45. The number of nitro groups is 1. The number of para-hydroxylation sites is 1. The van der Waals surface area contributed by atoms with Gasteiger partial charge >= 0.3 is 0 Å². The van der Waals surface area contributed by atoms with Gasteiger partial charge in [0.1, 0.15) is 0 Å². The van der Waals surface area contributed by atoms with Crippen LogP contribution in [0.15, 0.2) is 24.3 Å². The van der Waals surface area contributed by atoms with Gasteiger partial charge in [-0.05, 0) is 13.0 Å². The number of hydrogen-bond acceptors (Lipinski definition) is 5. The van der Waals surface area contributed by atoms with Crippen LogP contribution in [-0.4, -0.2) is 55.0 Å². The van der Waals surface area contributed by atoms with E-state index in [9.17, 15) is 14.9 Å². The van der Waals surface area contributed by atoms with Crippen molar-refractivity contribution >= 4 is 11.6 Å². The molecule has 0 unspecified atom stereocenters. The number of piperazine rings is 1. The first-order chi connectivity index (χ1) is 10.7. The van der Waals surface area contributed by atoms with E-state index in [-0.39, 0.29) is 18.0 Å². The van der Waals surface area contributed by atoms with Gasteiger partial charge in [-0.25, -0.2) is 0 Å². The first kappa shape index (κ1) is 16.4. The Bertz CT molecular complexity index is 515. The molecule has 1 aromatic rings. The van der Waals surface area contributed by atoms with E-state index in [1.54, 1.807) is 18.2 Å². The van der Waals surface area contributed by atoms with Crippen LogP contribution >= 0.6 is 0 Å². The predicted octanol–water partition coefficient (Wildman–Crippen LogP) is 0.549. The lowest BCUT2D eigenvalue weighted by Gasteiger charge is -2.27. The van der Waals surface area contributed by atoms with Gasteiger partial charge in [0.2, 0.25) is 5.91 Å². The molecule has 0 saturated carbocycles. The number of nitro benzene ring substituents is 1. The average molecular weight is 306 g/mol. The van der Waals surface area contributed by atoms with E-state index in [1.807, 2.05) is 0 Å². The van der Waals surface area contributed by atoms with E-state index in [4.69, 9.17) is 0 Å². The first-order valence-electron chi connectivity index (χ1n) is 7.59. The highest BCUT2D eigenvalue weighted by atomic mass is 16.6. The topological polar surface area (TPSA) is 87.5 Å². The van der Waals surface area contributed by atoms with Crippen LogP contribution in [0.2, 0.25) is 0 Å². The highest BCUT2D eigenvalue weighted by molar-refractivity contribution is 5.79. The smallest absolute Gasteiger partial charge is 0.273 e. The van der Waals surface area contributed by atoms with Gasteiger partial charge in [-0.15, -0.1) is 0 Å². The molecule has 0 radical (unpaired) electrons. The van der Waals surface area contributed by atoms with E-state index in [0.717, 1.165) is 39.1 Å². The summed E-state index contributed by atoms with van der Waals surface area (Å²) < 4.78 is 0. The van der Waals surface area contributed by atoms with Gasteiger partial charge in [0.15, 0.2) is 0 Å². The summed E-state index contributed by atoms with van der Waals surface area (Å²) in [7, 11) is 0. The third-order valence-corrected chi connectivity index (χ3v) is 3.72.